The number of hydrogen-bond donors (Lipinski definition) is 3. The maximum Gasteiger partial charge on any atom is 0.414 e. The number of rotatable bonds is 7. The van der Waals surface area contributed by atoms with Gasteiger partial charge in [-0.1, -0.05) is 37.4 Å². The minimum atomic E-state index is -1.82. The highest BCUT2D eigenvalue weighted by Gasteiger charge is 2.16. The van der Waals surface area contributed by atoms with Gasteiger partial charge in [-0.2, -0.15) is 0 Å². The molecule has 0 bridgehead atoms. The Morgan fingerprint density at radius 3 is 2.60 bits per heavy atom. The number of hydrogen-bond acceptors (Lipinski definition) is 6. The summed E-state index contributed by atoms with van der Waals surface area (Å²) < 4.78 is 5.34. The second-order valence-corrected chi connectivity index (χ2v) is 5.92. The number of anilines is 1. The minimum Gasteiger partial charge on any atom is -0.473 e. The van der Waals surface area contributed by atoms with Crippen molar-refractivity contribution in [1.82, 2.24) is 10.1 Å². The van der Waals surface area contributed by atoms with E-state index in [1.165, 1.54) is 31.3 Å². The van der Waals surface area contributed by atoms with Gasteiger partial charge in [-0.3, -0.25) is 0 Å². The van der Waals surface area contributed by atoms with Crippen molar-refractivity contribution in [2.75, 3.05) is 32.0 Å². The molecule has 0 fully saturated rings. The molecule has 0 atom stereocenters. The molecular weight excluding hydrogens is 326 g/mol. The smallest absolute Gasteiger partial charge is 0.414 e. The van der Waals surface area contributed by atoms with E-state index < -0.39 is 11.9 Å². The number of carbonyl (C=O) groups is 2. The summed E-state index contributed by atoms with van der Waals surface area (Å²) in [5, 5.41) is 22.1. The molecule has 0 amide bonds. The molecule has 0 unspecified atom stereocenters. The highest BCUT2D eigenvalue weighted by atomic mass is 16.5. The van der Waals surface area contributed by atoms with Crippen molar-refractivity contribution >= 4 is 23.4 Å². The Kier molecular flexibility index (Phi) is 9.31. The third-order valence-corrected chi connectivity index (χ3v) is 3.76. The van der Waals surface area contributed by atoms with Crippen molar-refractivity contribution in [1.29, 1.82) is 0 Å². The molecule has 140 valence electrons. The minimum absolute atomic E-state index is 0.832. The fraction of sp³-hybridized carbons (Fsp3) is 0.588. The first kappa shape index (κ1) is 20.7. The summed E-state index contributed by atoms with van der Waals surface area (Å²) in [5.74, 6) is -2.82. The molecule has 0 radical (unpaired) electrons. The number of likely N-dealkylation sites (N-methyl/N-ethyl adjacent to an activating group) is 1. The van der Waals surface area contributed by atoms with Crippen molar-refractivity contribution in [2.24, 2.45) is 0 Å². The average molecular weight is 353 g/mol. The fourth-order valence-corrected chi connectivity index (χ4v) is 2.44. The second-order valence-electron chi connectivity index (χ2n) is 5.92. The van der Waals surface area contributed by atoms with Crippen LogP contribution in [0, 0.1) is 0 Å². The Labute approximate surface area is 147 Å². The molecule has 0 saturated carbocycles. The van der Waals surface area contributed by atoms with Crippen LogP contribution in [0.3, 0.4) is 0 Å². The van der Waals surface area contributed by atoms with Crippen molar-refractivity contribution in [3.05, 3.63) is 17.8 Å². The number of nitrogens with one attached hydrogen (secondary N) is 1. The van der Waals surface area contributed by atoms with Crippen molar-refractivity contribution < 1.29 is 24.3 Å². The van der Waals surface area contributed by atoms with E-state index in [0.717, 1.165) is 37.5 Å². The number of carboxylic acids is 2. The Morgan fingerprint density at radius 1 is 1.28 bits per heavy atom. The lowest BCUT2D eigenvalue weighted by molar-refractivity contribution is -0.159. The first-order chi connectivity index (χ1) is 12.0. The van der Waals surface area contributed by atoms with Gasteiger partial charge >= 0.3 is 11.9 Å². The van der Waals surface area contributed by atoms with Crippen LogP contribution in [0.5, 0.6) is 0 Å². The zero-order chi connectivity index (χ0) is 18.7. The predicted octanol–water partition coefficient (Wildman–Crippen LogP) is 2.54. The largest absolute Gasteiger partial charge is 0.473 e. The third kappa shape index (κ3) is 7.84. The van der Waals surface area contributed by atoms with Crippen LogP contribution in [0.2, 0.25) is 0 Å². The highest BCUT2D eigenvalue weighted by Crippen LogP contribution is 2.26. The van der Waals surface area contributed by atoms with Crippen molar-refractivity contribution in [3.63, 3.8) is 0 Å². The summed E-state index contributed by atoms with van der Waals surface area (Å²) in [6.45, 7) is 5.31. The van der Waals surface area contributed by atoms with Gasteiger partial charge in [0.15, 0.2) is 0 Å². The van der Waals surface area contributed by atoms with Gasteiger partial charge in [-0.15, -0.1) is 0 Å². The Balaban J connectivity index is 0.000000450. The molecule has 1 aromatic heterocycles. The van der Waals surface area contributed by atoms with Gasteiger partial charge in [-0.25, -0.2) is 9.59 Å². The third-order valence-electron chi connectivity index (χ3n) is 3.76. The van der Waals surface area contributed by atoms with E-state index in [4.69, 9.17) is 24.3 Å². The molecule has 0 aliphatic carbocycles. The lowest BCUT2D eigenvalue weighted by Gasteiger charge is -2.22. The van der Waals surface area contributed by atoms with E-state index in [-0.39, 0.29) is 0 Å². The number of unbranched alkanes of at least 4 members (excludes halogenated alkanes) is 3. The highest BCUT2D eigenvalue weighted by molar-refractivity contribution is 6.27. The van der Waals surface area contributed by atoms with E-state index in [9.17, 15) is 0 Å². The van der Waals surface area contributed by atoms with Crippen LogP contribution in [0.4, 0.5) is 5.88 Å². The standard InChI is InChI=1S/C15H25N3O.C2H2O4/c1-3-4-5-6-9-16-15-14(11-17-19-15)13-8-7-10-18(2)12-13;3-1(4)2(5)6/h8,11,16H,3-7,9-10,12H2,1-2H3;(H,3,4)(H,5,6). The van der Waals surface area contributed by atoms with E-state index in [1.54, 1.807) is 0 Å². The molecule has 0 saturated heterocycles. The van der Waals surface area contributed by atoms with E-state index >= 15 is 0 Å². The monoisotopic (exact) mass is 353 g/mol. The van der Waals surface area contributed by atoms with Crippen LogP contribution in [0.1, 0.15) is 44.6 Å². The van der Waals surface area contributed by atoms with Gasteiger partial charge < -0.3 is 25.0 Å². The summed E-state index contributed by atoms with van der Waals surface area (Å²) in [5.41, 5.74) is 2.45. The lowest BCUT2D eigenvalue weighted by Crippen LogP contribution is -2.25. The molecule has 1 aromatic rings. The van der Waals surface area contributed by atoms with Gasteiger partial charge in [0.2, 0.25) is 5.88 Å². The van der Waals surface area contributed by atoms with Gasteiger partial charge in [0.25, 0.3) is 0 Å². The zero-order valence-electron chi connectivity index (χ0n) is 14.8. The molecule has 8 nitrogen and oxygen atoms in total. The number of carboxylic acid groups (broad SMARTS) is 2. The first-order valence-corrected chi connectivity index (χ1v) is 8.48. The lowest BCUT2D eigenvalue weighted by atomic mass is 10.0. The first-order valence-electron chi connectivity index (χ1n) is 8.48. The van der Waals surface area contributed by atoms with Crippen molar-refractivity contribution in [3.8, 4) is 0 Å². The Hall–Kier alpha value is -2.35. The molecule has 2 heterocycles. The molecule has 3 N–H and O–H groups in total. The van der Waals surface area contributed by atoms with E-state index in [0.29, 0.717) is 0 Å². The van der Waals surface area contributed by atoms with Crippen LogP contribution < -0.4 is 5.32 Å². The van der Waals surface area contributed by atoms with Gasteiger partial charge in [0, 0.05) is 19.6 Å². The predicted molar refractivity (Wildman–Crippen MR) is 94.5 cm³/mol. The fourth-order valence-electron chi connectivity index (χ4n) is 2.44. The Bertz CT molecular complexity index is 571. The molecule has 1 aliphatic heterocycles. The molecule has 0 aromatic carbocycles. The normalized spacial score (nSPS) is 14.2. The second kappa shape index (κ2) is 11.2. The van der Waals surface area contributed by atoms with Crippen LogP contribution in [-0.4, -0.2) is 58.9 Å². The summed E-state index contributed by atoms with van der Waals surface area (Å²) in [6.07, 6.45) is 10.3. The maximum absolute atomic E-state index is 9.10. The SMILES string of the molecule is CCCCCCNc1oncc1C1=CCCN(C)C1.O=C(O)C(=O)O. The summed E-state index contributed by atoms with van der Waals surface area (Å²) >= 11 is 0. The zero-order valence-corrected chi connectivity index (χ0v) is 14.8. The van der Waals surface area contributed by atoms with E-state index in [2.05, 4.69) is 35.4 Å². The quantitative estimate of drug-likeness (QED) is 0.506. The van der Waals surface area contributed by atoms with Crippen molar-refractivity contribution in [2.45, 2.75) is 39.0 Å². The van der Waals surface area contributed by atoms with Crippen LogP contribution in [0.15, 0.2) is 16.8 Å². The number of nitrogens with zero attached hydrogens (tertiary/aromatic N) is 2. The van der Waals surface area contributed by atoms with Gasteiger partial charge in [0.05, 0.1) is 11.8 Å². The van der Waals surface area contributed by atoms with Crippen LogP contribution in [-0.2, 0) is 9.59 Å². The Morgan fingerprint density at radius 2 is 2.00 bits per heavy atom. The number of aliphatic carboxylic acids is 2. The maximum atomic E-state index is 9.10. The molecule has 0 spiro atoms. The molecule has 8 heteroatoms. The molecular formula is C17H27N3O5. The average Bonchev–Trinajstić information content (AvgIpc) is 3.03. The number of aromatic nitrogens is 1. The van der Waals surface area contributed by atoms with Crippen LogP contribution in [0.25, 0.3) is 5.57 Å². The molecule has 2 rings (SSSR count). The van der Waals surface area contributed by atoms with E-state index in [1.807, 2.05) is 6.20 Å². The van der Waals surface area contributed by atoms with Crippen LogP contribution >= 0.6 is 0 Å². The van der Waals surface area contributed by atoms with Gasteiger partial charge in [0.1, 0.15) is 0 Å². The van der Waals surface area contributed by atoms with Gasteiger partial charge in [-0.05, 0) is 25.5 Å². The summed E-state index contributed by atoms with van der Waals surface area (Å²) in [7, 11) is 2.15. The molecule has 1 aliphatic rings. The summed E-state index contributed by atoms with van der Waals surface area (Å²) in [4.78, 5) is 20.5. The molecule has 25 heavy (non-hydrogen) atoms. The topological polar surface area (TPSA) is 116 Å². The summed E-state index contributed by atoms with van der Waals surface area (Å²) in [6, 6.07) is 0.